The fourth-order valence-electron chi connectivity index (χ4n) is 2.65. The molecule has 3 aromatic heterocycles. The Kier molecular flexibility index (Phi) is 2.41. The van der Waals surface area contributed by atoms with Crippen LogP contribution in [0.5, 0.6) is 0 Å². The Balaban J connectivity index is 2.04. The van der Waals surface area contributed by atoms with E-state index in [-0.39, 0.29) is 5.95 Å². The third-order valence-electron chi connectivity index (χ3n) is 3.58. The lowest BCUT2D eigenvalue weighted by Gasteiger charge is -2.07. The Morgan fingerprint density at radius 2 is 2.00 bits per heavy atom. The Bertz CT molecular complexity index is 966. The Morgan fingerprint density at radius 3 is 2.90 bits per heavy atom. The first kappa shape index (κ1) is 11.8. The molecule has 0 aliphatic heterocycles. The van der Waals surface area contributed by atoms with Gasteiger partial charge in [-0.3, -0.25) is 4.98 Å². The lowest BCUT2D eigenvalue weighted by Crippen LogP contribution is -1.93. The highest BCUT2D eigenvalue weighted by molar-refractivity contribution is 5.93. The van der Waals surface area contributed by atoms with Crippen molar-refractivity contribution in [3.05, 3.63) is 54.4 Å². The van der Waals surface area contributed by atoms with E-state index in [1.54, 1.807) is 4.52 Å². The Labute approximate surface area is 121 Å². The van der Waals surface area contributed by atoms with E-state index >= 15 is 0 Å². The highest BCUT2D eigenvalue weighted by Gasteiger charge is 2.09. The van der Waals surface area contributed by atoms with Crippen molar-refractivity contribution in [3.63, 3.8) is 0 Å². The number of aromatic nitrogens is 4. The largest absolute Gasteiger partial charge is 0.366 e. The number of nitrogen functional groups attached to an aromatic ring is 1. The normalized spacial score (nSPS) is 11.3. The third-order valence-corrected chi connectivity index (χ3v) is 3.58. The lowest BCUT2D eigenvalue weighted by atomic mass is 10.0. The number of nitrogens with two attached hydrogens (primary N) is 1. The summed E-state index contributed by atoms with van der Waals surface area (Å²) in [5.74, 6) is 0.284. The maximum atomic E-state index is 5.68. The van der Waals surface area contributed by atoms with Gasteiger partial charge in [0.05, 0.1) is 5.52 Å². The number of nitrogens with zero attached hydrogens (tertiary/aromatic N) is 4. The number of hydrogen-bond donors (Lipinski definition) is 1. The van der Waals surface area contributed by atoms with Gasteiger partial charge in [-0.1, -0.05) is 24.3 Å². The third kappa shape index (κ3) is 1.82. The van der Waals surface area contributed by atoms with Gasteiger partial charge in [-0.05, 0) is 24.6 Å². The molecule has 4 aromatic rings. The summed E-state index contributed by atoms with van der Waals surface area (Å²) >= 11 is 0. The first-order valence-corrected chi connectivity index (χ1v) is 6.69. The molecule has 0 amide bonds. The second-order valence-corrected chi connectivity index (χ2v) is 5.03. The second-order valence-electron chi connectivity index (χ2n) is 5.03. The van der Waals surface area contributed by atoms with E-state index in [4.69, 9.17) is 5.73 Å². The van der Waals surface area contributed by atoms with Crippen molar-refractivity contribution in [2.75, 3.05) is 5.73 Å². The molecule has 0 radical (unpaired) electrons. The first-order chi connectivity index (χ1) is 10.2. The van der Waals surface area contributed by atoms with Gasteiger partial charge in [-0.2, -0.15) is 4.98 Å². The van der Waals surface area contributed by atoms with Gasteiger partial charge in [0.15, 0.2) is 5.65 Å². The van der Waals surface area contributed by atoms with E-state index < -0.39 is 0 Å². The smallest absolute Gasteiger partial charge is 0.240 e. The topological polar surface area (TPSA) is 69.1 Å². The molecule has 0 saturated heterocycles. The molecule has 0 aliphatic carbocycles. The SMILES string of the molecule is Cc1cc(-c2cccc3cccnc23)cn2nc(N)nc12. The molecule has 0 unspecified atom stereocenters. The minimum atomic E-state index is 0.284. The van der Waals surface area contributed by atoms with Crippen molar-refractivity contribution < 1.29 is 0 Å². The van der Waals surface area contributed by atoms with Crippen molar-refractivity contribution in [1.82, 2.24) is 19.6 Å². The van der Waals surface area contributed by atoms with Crippen molar-refractivity contribution in [3.8, 4) is 11.1 Å². The van der Waals surface area contributed by atoms with Gasteiger partial charge >= 0.3 is 0 Å². The molecule has 0 bridgehead atoms. The van der Waals surface area contributed by atoms with E-state index in [1.807, 2.05) is 31.5 Å². The molecule has 0 atom stereocenters. The van der Waals surface area contributed by atoms with Crippen molar-refractivity contribution in [1.29, 1.82) is 0 Å². The number of para-hydroxylation sites is 1. The molecular formula is C16H13N5. The summed E-state index contributed by atoms with van der Waals surface area (Å²) in [7, 11) is 0. The predicted molar refractivity (Wildman–Crippen MR) is 82.9 cm³/mol. The minimum absolute atomic E-state index is 0.284. The number of benzene rings is 1. The van der Waals surface area contributed by atoms with E-state index in [9.17, 15) is 0 Å². The molecule has 0 aliphatic rings. The number of anilines is 1. The van der Waals surface area contributed by atoms with Crippen LogP contribution in [0.25, 0.3) is 27.7 Å². The van der Waals surface area contributed by atoms with Gasteiger partial charge < -0.3 is 5.73 Å². The molecule has 102 valence electrons. The maximum absolute atomic E-state index is 5.68. The van der Waals surface area contributed by atoms with Crippen molar-refractivity contribution >= 4 is 22.5 Å². The first-order valence-electron chi connectivity index (χ1n) is 6.69. The van der Waals surface area contributed by atoms with Crippen LogP contribution in [-0.2, 0) is 0 Å². The van der Waals surface area contributed by atoms with Crippen LogP contribution in [0.15, 0.2) is 48.8 Å². The van der Waals surface area contributed by atoms with Crippen LogP contribution >= 0.6 is 0 Å². The van der Waals surface area contributed by atoms with E-state index in [0.29, 0.717) is 0 Å². The van der Waals surface area contributed by atoms with Crippen LogP contribution in [0.4, 0.5) is 5.95 Å². The summed E-state index contributed by atoms with van der Waals surface area (Å²) in [5.41, 5.74) is 10.6. The molecule has 3 heterocycles. The summed E-state index contributed by atoms with van der Waals surface area (Å²) in [6.45, 7) is 2.01. The molecule has 1 aromatic carbocycles. The van der Waals surface area contributed by atoms with Crippen molar-refractivity contribution in [2.45, 2.75) is 6.92 Å². The molecule has 0 spiro atoms. The standard InChI is InChI=1S/C16H13N5/c1-10-8-12(9-21-15(10)19-16(17)20-21)13-6-2-4-11-5-3-7-18-14(11)13/h2-9H,1H3,(H2,17,20). The monoisotopic (exact) mass is 275 g/mol. The van der Waals surface area contributed by atoms with Gasteiger partial charge in [-0.15, -0.1) is 5.10 Å². The average Bonchev–Trinajstić information content (AvgIpc) is 2.87. The van der Waals surface area contributed by atoms with Gasteiger partial charge in [0.25, 0.3) is 0 Å². The number of rotatable bonds is 1. The summed E-state index contributed by atoms with van der Waals surface area (Å²) in [4.78, 5) is 8.73. The highest BCUT2D eigenvalue weighted by Crippen LogP contribution is 2.28. The zero-order valence-corrected chi connectivity index (χ0v) is 11.5. The number of aryl methyl sites for hydroxylation is 1. The zero-order valence-electron chi connectivity index (χ0n) is 11.5. The van der Waals surface area contributed by atoms with Gasteiger partial charge in [0, 0.05) is 28.9 Å². The molecular weight excluding hydrogens is 262 g/mol. The summed E-state index contributed by atoms with van der Waals surface area (Å²) < 4.78 is 1.72. The Morgan fingerprint density at radius 1 is 1.14 bits per heavy atom. The van der Waals surface area contributed by atoms with Crippen LogP contribution in [-0.4, -0.2) is 19.6 Å². The molecule has 21 heavy (non-hydrogen) atoms. The number of hydrogen-bond acceptors (Lipinski definition) is 4. The molecule has 0 saturated carbocycles. The highest BCUT2D eigenvalue weighted by atomic mass is 15.3. The fourth-order valence-corrected chi connectivity index (χ4v) is 2.65. The van der Waals surface area contributed by atoms with Crippen LogP contribution in [0.3, 0.4) is 0 Å². The van der Waals surface area contributed by atoms with Gasteiger partial charge in [0.1, 0.15) is 0 Å². The van der Waals surface area contributed by atoms with Gasteiger partial charge in [-0.25, -0.2) is 4.52 Å². The van der Waals surface area contributed by atoms with Crippen LogP contribution in [0.2, 0.25) is 0 Å². The zero-order chi connectivity index (χ0) is 14.4. The molecule has 2 N–H and O–H groups in total. The van der Waals surface area contributed by atoms with Crippen molar-refractivity contribution in [2.24, 2.45) is 0 Å². The predicted octanol–water partition coefficient (Wildman–Crippen LogP) is 2.84. The van der Waals surface area contributed by atoms with Crippen LogP contribution < -0.4 is 5.73 Å². The molecule has 5 heteroatoms. The molecule has 5 nitrogen and oxygen atoms in total. The summed E-state index contributed by atoms with van der Waals surface area (Å²) in [5, 5.41) is 5.32. The van der Waals surface area contributed by atoms with Gasteiger partial charge in [0.2, 0.25) is 5.95 Å². The summed E-state index contributed by atoms with van der Waals surface area (Å²) in [6.07, 6.45) is 3.75. The van der Waals surface area contributed by atoms with E-state index in [2.05, 4.69) is 39.3 Å². The quantitative estimate of drug-likeness (QED) is 0.580. The summed E-state index contributed by atoms with van der Waals surface area (Å²) in [6, 6.07) is 12.3. The fraction of sp³-hybridized carbons (Fsp3) is 0.0625. The number of pyridine rings is 2. The van der Waals surface area contributed by atoms with E-state index in [1.165, 1.54) is 0 Å². The average molecular weight is 275 g/mol. The van der Waals surface area contributed by atoms with E-state index in [0.717, 1.165) is 33.2 Å². The molecule has 4 rings (SSSR count). The second kappa shape index (κ2) is 4.28. The minimum Gasteiger partial charge on any atom is -0.366 e. The molecule has 0 fully saturated rings. The Hall–Kier alpha value is -2.95. The number of fused-ring (bicyclic) bond motifs is 2. The van der Waals surface area contributed by atoms with Crippen LogP contribution in [0, 0.1) is 6.92 Å². The lowest BCUT2D eigenvalue weighted by molar-refractivity contribution is 0.964. The van der Waals surface area contributed by atoms with Crippen LogP contribution in [0.1, 0.15) is 5.56 Å². The maximum Gasteiger partial charge on any atom is 0.240 e.